The van der Waals surface area contributed by atoms with Gasteiger partial charge >= 0.3 is 6.09 Å². The fraction of sp³-hybridized carbons (Fsp3) is 0.667. The van der Waals surface area contributed by atoms with Crippen LogP contribution < -0.4 is 5.73 Å². The Labute approximate surface area is 65.1 Å². The van der Waals surface area contributed by atoms with Crippen LogP contribution in [-0.4, -0.2) is 37.6 Å². The summed E-state index contributed by atoms with van der Waals surface area (Å²) < 4.78 is 4.35. The average Bonchev–Trinajstić information content (AvgIpc) is 1.86. The molecule has 11 heavy (non-hydrogen) atoms. The van der Waals surface area contributed by atoms with Crippen LogP contribution >= 0.6 is 0 Å². The molecule has 0 heterocycles. The third-order valence-corrected chi connectivity index (χ3v) is 1.06. The molecule has 0 saturated heterocycles. The first-order chi connectivity index (χ1) is 5.04. The van der Waals surface area contributed by atoms with E-state index in [1.165, 1.54) is 4.90 Å². The van der Waals surface area contributed by atoms with Gasteiger partial charge < -0.3 is 15.4 Å². The zero-order valence-corrected chi connectivity index (χ0v) is 6.66. The van der Waals surface area contributed by atoms with E-state index in [0.29, 0.717) is 0 Å². The summed E-state index contributed by atoms with van der Waals surface area (Å²) in [4.78, 5) is 22.3. The number of hydrogen-bond acceptors (Lipinski definition) is 3. The number of nitrogens with zero attached hydrogens (tertiary/aromatic N) is 1. The quantitative estimate of drug-likeness (QED) is 0.608. The summed E-state index contributed by atoms with van der Waals surface area (Å²) in [5.74, 6) is -0.0914. The van der Waals surface area contributed by atoms with Crippen molar-refractivity contribution in [3.8, 4) is 0 Å². The molecular formula is C6H12N2O3. The molecule has 64 valence electrons. The van der Waals surface area contributed by atoms with Gasteiger partial charge in [0.2, 0.25) is 5.91 Å². The lowest BCUT2D eigenvalue weighted by molar-refractivity contribution is -0.129. The Balaban J connectivity index is 3.39. The van der Waals surface area contributed by atoms with Gasteiger partial charge in [-0.15, -0.1) is 0 Å². The second kappa shape index (κ2) is 4.54. The number of carbonyl (C=O) groups is 2. The molecule has 0 aliphatic carbocycles. The minimum atomic E-state index is -0.850. The first-order valence-electron chi connectivity index (χ1n) is 3.16. The molecule has 2 amide bonds. The van der Waals surface area contributed by atoms with Crippen LogP contribution in [-0.2, 0) is 9.53 Å². The molecule has 2 N–H and O–H groups in total. The Morgan fingerprint density at radius 3 is 2.36 bits per heavy atom. The van der Waals surface area contributed by atoms with Crippen molar-refractivity contribution in [1.29, 1.82) is 0 Å². The fourth-order valence-corrected chi connectivity index (χ4v) is 0.463. The highest BCUT2D eigenvalue weighted by atomic mass is 16.5. The maximum Gasteiger partial charge on any atom is 0.404 e. The van der Waals surface area contributed by atoms with E-state index in [0.717, 1.165) is 0 Å². The molecule has 0 atom stereocenters. The number of primary amides is 1. The Hall–Kier alpha value is -1.26. The summed E-state index contributed by atoms with van der Waals surface area (Å²) >= 11 is 0. The number of amides is 2. The molecule has 0 radical (unpaired) electrons. The third-order valence-electron chi connectivity index (χ3n) is 1.06. The van der Waals surface area contributed by atoms with Crippen LogP contribution in [0.1, 0.15) is 6.42 Å². The second-order valence-corrected chi connectivity index (χ2v) is 2.21. The van der Waals surface area contributed by atoms with Gasteiger partial charge in [0.25, 0.3) is 0 Å². The summed E-state index contributed by atoms with van der Waals surface area (Å²) in [6, 6.07) is 0. The summed E-state index contributed by atoms with van der Waals surface area (Å²) in [5, 5.41) is 0. The van der Waals surface area contributed by atoms with Crippen molar-refractivity contribution in [1.82, 2.24) is 4.90 Å². The molecule has 0 unspecified atom stereocenters. The van der Waals surface area contributed by atoms with Crippen LogP contribution in [0.2, 0.25) is 0 Å². The molecule has 0 aliphatic rings. The van der Waals surface area contributed by atoms with E-state index in [9.17, 15) is 9.59 Å². The first-order valence-corrected chi connectivity index (χ1v) is 3.16. The zero-order valence-electron chi connectivity index (χ0n) is 6.66. The number of hydrogen-bond donors (Lipinski definition) is 1. The number of carbonyl (C=O) groups excluding carboxylic acids is 2. The maximum absolute atomic E-state index is 10.8. The molecule has 5 nitrogen and oxygen atoms in total. The standard InChI is InChI=1S/C6H12N2O3/c1-8(2)5(9)3-4-11-6(7)10/h3-4H2,1-2H3,(H2,7,10). The topological polar surface area (TPSA) is 72.6 Å². The molecule has 0 rings (SSSR count). The van der Waals surface area contributed by atoms with Gasteiger partial charge in [-0.1, -0.05) is 0 Å². The van der Waals surface area contributed by atoms with Crippen molar-refractivity contribution in [2.24, 2.45) is 5.73 Å². The van der Waals surface area contributed by atoms with Crippen molar-refractivity contribution < 1.29 is 14.3 Å². The second-order valence-electron chi connectivity index (χ2n) is 2.21. The molecule has 0 aromatic heterocycles. The molecule has 5 heteroatoms. The molecule has 0 spiro atoms. The largest absolute Gasteiger partial charge is 0.449 e. The van der Waals surface area contributed by atoms with Crippen LogP contribution in [0.5, 0.6) is 0 Å². The number of nitrogens with two attached hydrogens (primary N) is 1. The van der Waals surface area contributed by atoms with Crippen molar-refractivity contribution in [2.45, 2.75) is 6.42 Å². The first kappa shape index (κ1) is 9.74. The number of rotatable bonds is 3. The molecule has 0 saturated carbocycles. The normalized spacial score (nSPS) is 8.91. The van der Waals surface area contributed by atoms with Gasteiger partial charge in [0.05, 0.1) is 6.42 Å². The molecule has 0 fully saturated rings. The number of ether oxygens (including phenoxy) is 1. The lowest BCUT2D eigenvalue weighted by Gasteiger charge is -2.08. The van der Waals surface area contributed by atoms with Crippen LogP contribution in [0.4, 0.5) is 4.79 Å². The van der Waals surface area contributed by atoms with Crippen molar-refractivity contribution >= 4 is 12.0 Å². The predicted octanol–water partition coefficient (Wildman–Crippen LogP) is -0.440. The third kappa shape index (κ3) is 5.20. The van der Waals surface area contributed by atoms with E-state index >= 15 is 0 Å². The lowest BCUT2D eigenvalue weighted by Crippen LogP contribution is -2.24. The smallest absolute Gasteiger partial charge is 0.404 e. The van der Waals surface area contributed by atoms with Crippen LogP contribution in [0.15, 0.2) is 0 Å². The van der Waals surface area contributed by atoms with E-state index in [2.05, 4.69) is 10.5 Å². The lowest BCUT2D eigenvalue weighted by atomic mass is 10.4. The van der Waals surface area contributed by atoms with Crippen LogP contribution in [0.25, 0.3) is 0 Å². The van der Waals surface area contributed by atoms with E-state index in [1.54, 1.807) is 14.1 Å². The summed E-state index contributed by atoms with van der Waals surface area (Å²) in [6.45, 7) is 0.0480. The molecular weight excluding hydrogens is 148 g/mol. The Kier molecular flexibility index (Phi) is 4.02. The van der Waals surface area contributed by atoms with E-state index in [4.69, 9.17) is 0 Å². The average molecular weight is 160 g/mol. The highest BCUT2D eigenvalue weighted by Gasteiger charge is 2.03. The van der Waals surface area contributed by atoms with E-state index in [1.807, 2.05) is 0 Å². The molecule has 0 aromatic carbocycles. The van der Waals surface area contributed by atoms with Gasteiger partial charge in [0, 0.05) is 14.1 Å². The van der Waals surface area contributed by atoms with E-state index < -0.39 is 6.09 Å². The maximum atomic E-state index is 10.8. The molecule has 0 bridgehead atoms. The van der Waals surface area contributed by atoms with Gasteiger partial charge in [-0.3, -0.25) is 4.79 Å². The van der Waals surface area contributed by atoms with Crippen LogP contribution in [0.3, 0.4) is 0 Å². The SMILES string of the molecule is CN(C)C(=O)CCOC(N)=O. The van der Waals surface area contributed by atoms with Gasteiger partial charge in [0.1, 0.15) is 6.61 Å². The Bertz CT molecular complexity index is 156. The summed E-state index contributed by atoms with van der Waals surface area (Å²) in [5.41, 5.74) is 4.67. The minimum Gasteiger partial charge on any atom is -0.449 e. The highest BCUT2D eigenvalue weighted by Crippen LogP contribution is 1.87. The Morgan fingerprint density at radius 2 is 2.00 bits per heavy atom. The highest BCUT2D eigenvalue weighted by molar-refractivity contribution is 5.76. The fourth-order valence-electron chi connectivity index (χ4n) is 0.463. The van der Waals surface area contributed by atoms with Gasteiger partial charge in [-0.25, -0.2) is 4.79 Å². The minimum absolute atomic E-state index is 0.0480. The van der Waals surface area contributed by atoms with Gasteiger partial charge in [0.15, 0.2) is 0 Å². The zero-order chi connectivity index (χ0) is 8.85. The predicted molar refractivity (Wildman–Crippen MR) is 38.8 cm³/mol. The Morgan fingerprint density at radius 1 is 1.45 bits per heavy atom. The summed E-state index contributed by atoms with van der Waals surface area (Å²) in [7, 11) is 3.26. The van der Waals surface area contributed by atoms with Crippen molar-refractivity contribution in [3.63, 3.8) is 0 Å². The van der Waals surface area contributed by atoms with Crippen LogP contribution in [0, 0.1) is 0 Å². The van der Waals surface area contributed by atoms with E-state index in [-0.39, 0.29) is 18.9 Å². The van der Waals surface area contributed by atoms with Gasteiger partial charge in [-0.05, 0) is 0 Å². The van der Waals surface area contributed by atoms with Gasteiger partial charge in [-0.2, -0.15) is 0 Å². The molecule has 0 aliphatic heterocycles. The van der Waals surface area contributed by atoms with Crippen molar-refractivity contribution in [2.75, 3.05) is 20.7 Å². The molecule has 0 aromatic rings. The summed E-state index contributed by atoms with van der Waals surface area (Å²) in [6.07, 6.45) is -0.674. The van der Waals surface area contributed by atoms with Crippen molar-refractivity contribution in [3.05, 3.63) is 0 Å². The monoisotopic (exact) mass is 160 g/mol.